The summed E-state index contributed by atoms with van der Waals surface area (Å²) >= 11 is 0. The quantitative estimate of drug-likeness (QED) is 0.926. The second-order valence-electron chi connectivity index (χ2n) is 6.90. The van der Waals surface area contributed by atoms with Crippen LogP contribution in [-0.4, -0.2) is 40.8 Å². The third-order valence-electron chi connectivity index (χ3n) is 4.90. The molecule has 23 heavy (non-hydrogen) atoms. The highest BCUT2D eigenvalue weighted by atomic mass is 16.2. The molecule has 0 aromatic carbocycles. The van der Waals surface area contributed by atoms with E-state index in [2.05, 4.69) is 10.3 Å². The predicted octanol–water partition coefficient (Wildman–Crippen LogP) is 2.22. The van der Waals surface area contributed by atoms with Gasteiger partial charge in [-0.3, -0.25) is 14.6 Å². The topological polar surface area (TPSA) is 62.3 Å². The van der Waals surface area contributed by atoms with Gasteiger partial charge >= 0.3 is 0 Å². The monoisotopic (exact) mass is 315 g/mol. The lowest BCUT2D eigenvalue weighted by molar-refractivity contribution is -0.129. The summed E-state index contributed by atoms with van der Waals surface area (Å²) in [6.07, 6.45) is 5.30. The van der Waals surface area contributed by atoms with Crippen molar-refractivity contribution in [3.8, 4) is 0 Å². The van der Waals surface area contributed by atoms with Crippen LogP contribution in [0.1, 0.15) is 53.8 Å². The Balaban J connectivity index is 1.54. The Kier molecular flexibility index (Phi) is 4.64. The molecule has 1 N–H and O–H groups in total. The largest absolute Gasteiger partial charge is 0.352 e. The van der Waals surface area contributed by atoms with Gasteiger partial charge in [0.15, 0.2) is 0 Å². The van der Waals surface area contributed by atoms with Crippen LogP contribution in [0.3, 0.4) is 0 Å². The molecule has 1 aromatic heterocycles. The van der Waals surface area contributed by atoms with E-state index in [-0.39, 0.29) is 17.7 Å². The zero-order valence-electron chi connectivity index (χ0n) is 14.0. The Bertz CT molecular complexity index is 588. The fraction of sp³-hybridized carbons (Fsp3) is 0.611. The summed E-state index contributed by atoms with van der Waals surface area (Å²) in [6.45, 7) is 5.13. The van der Waals surface area contributed by atoms with Crippen LogP contribution in [0.5, 0.6) is 0 Å². The average molecular weight is 315 g/mol. The van der Waals surface area contributed by atoms with Crippen LogP contribution in [-0.2, 0) is 4.79 Å². The molecule has 5 heteroatoms. The maximum Gasteiger partial charge on any atom is 0.251 e. The third-order valence-corrected chi connectivity index (χ3v) is 4.90. The van der Waals surface area contributed by atoms with Crippen LogP contribution in [0.25, 0.3) is 0 Å². The molecule has 1 aliphatic heterocycles. The predicted molar refractivity (Wildman–Crippen MR) is 88.1 cm³/mol. The summed E-state index contributed by atoms with van der Waals surface area (Å²) in [6, 6.07) is 4.04. The number of aryl methyl sites for hydroxylation is 2. The molecule has 0 radical (unpaired) electrons. The van der Waals surface area contributed by atoms with Crippen molar-refractivity contribution in [2.45, 2.75) is 52.0 Å². The Hall–Kier alpha value is -1.91. The minimum absolute atomic E-state index is 0.0784. The number of likely N-dealkylation sites (tertiary alicyclic amines) is 1. The maximum absolute atomic E-state index is 12.3. The van der Waals surface area contributed by atoms with Gasteiger partial charge in [0.05, 0.1) is 0 Å². The molecule has 2 aliphatic rings. The minimum atomic E-state index is -0.0784. The number of nitrogens with zero attached hydrogens (tertiary/aromatic N) is 2. The van der Waals surface area contributed by atoms with Gasteiger partial charge in [-0.1, -0.05) is 12.8 Å². The smallest absolute Gasteiger partial charge is 0.251 e. The molecule has 1 aromatic rings. The van der Waals surface area contributed by atoms with Gasteiger partial charge in [0.1, 0.15) is 0 Å². The molecule has 5 nitrogen and oxygen atoms in total. The highest BCUT2D eigenvalue weighted by molar-refractivity contribution is 5.94. The van der Waals surface area contributed by atoms with Crippen molar-refractivity contribution in [1.82, 2.24) is 15.2 Å². The van der Waals surface area contributed by atoms with Gasteiger partial charge in [-0.2, -0.15) is 0 Å². The SMILES string of the molecule is Cc1cc(C(=O)NC[C@@H]2CC(=O)N(C3CCCC3)C2)cc(C)n1. The van der Waals surface area contributed by atoms with Crippen LogP contribution in [0.2, 0.25) is 0 Å². The molecule has 2 amide bonds. The van der Waals surface area contributed by atoms with Gasteiger partial charge in [0.25, 0.3) is 5.91 Å². The molecular formula is C18H25N3O2. The normalized spacial score (nSPS) is 21.9. The van der Waals surface area contributed by atoms with Crippen molar-refractivity contribution < 1.29 is 9.59 Å². The van der Waals surface area contributed by atoms with Crippen molar-refractivity contribution in [2.75, 3.05) is 13.1 Å². The Labute approximate surface area is 137 Å². The summed E-state index contributed by atoms with van der Waals surface area (Å²) in [5.41, 5.74) is 2.34. The highest BCUT2D eigenvalue weighted by Gasteiger charge is 2.35. The maximum atomic E-state index is 12.3. The highest BCUT2D eigenvalue weighted by Crippen LogP contribution is 2.29. The van der Waals surface area contributed by atoms with Gasteiger partial charge in [-0.25, -0.2) is 0 Å². The van der Waals surface area contributed by atoms with E-state index in [0.29, 0.717) is 24.6 Å². The van der Waals surface area contributed by atoms with Crippen molar-refractivity contribution in [1.29, 1.82) is 0 Å². The number of nitrogens with one attached hydrogen (secondary N) is 1. The molecule has 2 heterocycles. The molecule has 0 spiro atoms. The van der Waals surface area contributed by atoms with E-state index in [0.717, 1.165) is 30.8 Å². The number of carbonyl (C=O) groups is 2. The second-order valence-corrected chi connectivity index (χ2v) is 6.90. The summed E-state index contributed by atoms with van der Waals surface area (Å²) in [5.74, 6) is 0.410. The third kappa shape index (κ3) is 3.71. The van der Waals surface area contributed by atoms with Gasteiger partial charge in [-0.15, -0.1) is 0 Å². The molecule has 3 rings (SSSR count). The molecule has 1 aliphatic carbocycles. The molecule has 2 fully saturated rings. The number of amides is 2. The van der Waals surface area contributed by atoms with E-state index >= 15 is 0 Å². The van der Waals surface area contributed by atoms with Crippen molar-refractivity contribution in [3.05, 3.63) is 29.1 Å². The zero-order chi connectivity index (χ0) is 16.4. The van der Waals surface area contributed by atoms with Crippen molar-refractivity contribution in [3.63, 3.8) is 0 Å². The number of pyridine rings is 1. The van der Waals surface area contributed by atoms with Crippen LogP contribution in [0.4, 0.5) is 0 Å². The fourth-order valence-electron chi connectivity index (χ4n) is 3.82. The van der Waals surface area contributed by atoms with E-state index in [1.807, 2.05) is 18.7 Å². The second kappa shape index (κ2) is 6.69. The van der Waals surface area contributed by atoms with Crippen molar-refractivity contribution in [2.24, 2.45) is 5.92 Å². The minimum Gasteiger partial charge on any atom is -0.352 e. The number of aromatic nitrogens is 1. The van der Waals surface area contributed by atoms with E-state index in [9.17, 15) is 9.59 Å². The molecule has 0 bridgehead atoms. The molecule has 0 unspecified atom stereocenters. The summed E-state index contributed by atoms with van der Waals surface area (Å²) in [5, 5.41) is 2.98. The molecule has 1 atom stereocenters. The molecule has 124 valence electrons. The standard InChI is InChI=1S/C18H25N3O2/c1-12-7-15(8-13(2)20-12)18(23)19-10-14-9-17(22)21(11-14)16-5-3-4-6-16/h7-8,14,16H,3-6,9-11H2,1-2H3,(H,19,23)/t14-/m0/s1. The van der Waals surface area contributed by atoms with E-state index in [1.165, 1.54) is 12.8 Å². The fourth-order valence-corrected chi connectivity index (χ4v) is 3.82. The van der Waals surface area contributed by atoms with E-state index < -0.39 is 0 Å². The van der Waals surface area contributed by atoms with Crippen LogP contribution in [0, 0.1) is 19.8 Å². The number of rotatable bonds is 4. The number of carbonyl (C=O) groups excluding carboxylic acids is 2. The lowest BCUT2D eigenvalue weighted by Crippen LogP contribution is -2.36. The number of hydrogen-bond acceptors (Lipinski definition) is 3. The average Bonchev–Trinajstić information content (AvgIpc) is 3.12. The Morgan fingerprint density at radius 3 is 2.57 bits per heavy atom. The Morgan fingerprint density at radius 1 is 1.26 bits per heavy atom. The summed E-state index contributed by atoms with van der Waals surface area (Å²) in [4.78, 5) is 30.8. The summed E-state index contributed by atoms with van der Waals surface area (Å²) < 4.78 is 0. The molecule has 1 saturated heterocycles. The first kappa shape index (κ1) is 16.0. The first-order chi connectivity index (χ1) is 11.0. The van der Waals surface area contributed by atoms with E-state index in [1.54, 1.807) is 12.1 Å². The van der Waals surface area contributed by atoms with Crippen molar-refractivity contribution >= 4 is 11.8 Å². The van der Waals surface area contributed by atoms with Crippen LogP contribution in [0.15, 0.2) is 12.1 Å². The first-order valence-electron chi connectivity index (χ1n) is 8.56. The lowest BCUT2D eigenvalue weighted by atomic mass is 10.1. The first-order valence-corrected chi connectivity index (χ1v) is 8.56. The van der Waals surface area contributed by atoms with Gasteiger partial charge in [0, 0.05) is 48.4 Å². The van der Waals surface area contributed by atoms with Gasteiger partial charge in [0.2, 0.25) is 5.91 Å². The van der Waals surface area contributed by atoms with E-state index in [4.69, 9.17) is 0 Å². The summed E-state index contributed by atoms with van der Waals surface area (Å²) in [7, 11) is 0. The van der Waals surface area contributed by atoms with Gasteiger partial charge in [-0.05, 0) is 38.8 Å². The Morgan fingerprint density at radius 2 is 1.91 bits per heavy atom. The number of hydrogen-bond donors (Lipinski definition) is 1. The zero-order valence-corrected chi connectivity index (χ0v) is 14.0. The van der Waals surface area contributed by atoms with Gasteiger partial charge < -0.3 is 10.2 Å². The molecule has 1 saturated carbocycles. The van der Waals surface area contributed by atoms with Crippen LogP contribution >= 0.6 is 0 Å². The van der Waals surface area contributed by atoms with Crippen LogP contribution < -0.4 is 5.32 Å². The lowest BCUT2D eigenvalue weighted by Gasteiger charge is -2.24. The molecular weight excluding hydrogens is 290 g/mol.